The Bertz CT molecular complexity index is 590. The van der Waals surface area contributed by atoms with Crippen molar-refractivity contribution in [1.29, 1.82) is 0 Å². The molecule has 0 saturated heterocycles. The van der Waals surface area contributed by atoms with Crippen LogP contribution in [0, 0.1) is 11.8 Å². The molecule has 6 nitrogen and oxygen atoms in total. The molecule has 0 aliphatic carbocycles. The summed E-state index contributed by atoms with van der Waals surface area (Å²) in [4.78, 5) is 3.96. The number of pyridine rings is 1. The number of likely N-dealkylation sites (N-methyl/N-ethyl adjacent to an activating group) is 1. The molecule has 0 atom stereocenters. The molecule has 7 heteroatoms. The molecule has 0 aliphatic rings. The summed E-state index contributed by atoms with van der Waals surface area (Å²) >= 11 is 0. The van der Waals surface area contributed by atoms with Gasteiger partial charge in [0.2, 0.25) is 10.0 Å². The zero-order valence-corrected chi connectivity index (χ0v) is 12.4. The van der Waals surface area contributed by atoms with E-state index in [9.17, 15) is 8.42 Å². The van der Waals surface area contributed by atoms with Crippen molar-refractivity contribution in [2.45, 2.75) is 11.8 Å². The molecule has 0 bridgehead atoms. The number of aromatic nitrogens is 1. The maximum Gasteiger partial charge on any atom is 0.244 e. The summed E-state index contributed by atoms with van der Waals surface area (Å²) in [5.74, 6) is 5.09. The van der Waals surface area contributed by atoms with Crippen LogP contribution >= 0.6 is 0 Å². The largest absolute Gasteiger partial charge is 0.384 e. The first-order valence-corrected chi connectivity index (χ1v) is 7.54. The normalized spacial score (nSPS) is 11.2. The highest BCUT2D eigenvalue weighted by atomic mass is 32.2. The molecule has 110 valence electrons. The Labute approximate surface area is 119 Å². The second kappa shape index (κ2) is 7.97. The Morgan fingerprint density at radius 3 is 2.80 bits per heavy atom. The molecule has 20 heavy (non-hydrogen) atoms. The van der Waals surface area contributed by atoms with Crippen molar-refractivity contribution < 1.29 is 18.3 Å². The number of nitrogens with zero attached hydrogens (tertiary/aromatic N) is 2. The van der Waals surface area contributed by atoms with E-state index in [2.05, 4.69) is 16.8 Å². The minimum atomic E-state index is -3.61. The topological polar surface area (TPSA) is 79.7 Å². The van der Waals surface area contributed by atoms with E-state index in [1.54, 1.807) is 6.92 Å². The number of hydrogen-bond donors (Lipinski definition) is 1. The van der Waals surface area contributed by atoms with Crippen molar-refractivity contribution in [1.82, 2.24) is 9.29 Å². The van der Waals surface area contributed by atoms with E-state index in [1.165, 1.54) is 29.9 Å². The van der Waals surface area contributed by atoms with Gasteiger partial charge in [0.1, 0.15) is 11.5 Å². The average Bonchev–Trinajstić information content (AvgIpc) is 2.46. The molecule has 0 aliphatic heterocycles. The number of rotatable bonds is 6. The van der Waals surface area contributed by atoms with Crippen LogP contribution < -0.4 is 0 Å². The van der Waals surface area contributed by atoms with E-state index in [-0.39, 0.29) is 18.0 Å². The number of aliphatic hydroxyl groups is 1. The van der Waals surface area contributed by atoms with Crippen LogP contribution in [-0.4, -0.2) is 56.2 Å². The Morgan fingerprint density at radius 2 is 2.20 bits per heavy atom. The van der Waals surface area contributed by atoms with E-state index in [4.69, 9.17) is 9.84 Å². The summed E-state index contributed by atoms with van der Waals surface area (Å²) in [6, 6.07) is 1.44. The fraction of sp³-hybridized carbons (Fsp3) is 0.462. The molecular formula is C13H18N2O4S. The number of methoxy groups -OCH3 is 1. The van der Waals surface area contributed by atoms with Crippen LogP contribution in [0.2, 0.25) is 0 Å². The fourth-order valence-electron chi connectivity index (χ4n) is 1.56. The third-order valence-corrected chi connectivity index (χ3v) is 4.50. The van der Waals surface area contributed by atoms with Gasteiger partial charge in [0.25, 0.3) is 0 Å². The third-order valence-electron chi connectivity index (χ3n) is 2.56. The monoisotopic (exact) mass is 298 g/mol. The quantitative estimate of drug-likeness (QED) is 0.753. The molecule has 1 aromatic rings. The first kappa shape index (κ1) is 16.6. The molecule has 0 unspecified atom stereocenters. The zero-order chi connectivity index (χ0) is 15.0. The van der Waals surface area contributed by atoms with Crippen molar-refractivity contribution in [3.8, 4) is 11.8 Å². The summed E-state index contributed by atoms with van der Waals surface area (Å²) in [6.07, 6.45) is 2.74. The number of hydrogen-bond acceptors (Lipinski definition) is 5. The Morgan fingerprint density at radius 1 is 1.45 bits per heavy atom. The highest BCUT2D eigenvalue weighted by molar-refractivity contribution is 7.89. The molecule has 1 rings (SSSR count). The van der Waals surface area contributed by atoms with Crippen LogP contribution in [0.4, 0.5) is 0 Å². The molecular weight excluding hydrogens is 280 g/mol. The lowest BCUT2D eigenvalue weighted by Gasteiger charge is -2.19. The maximum atomic E-state index is 12.4. The van der Waals surface area contributed by atoms with Crippen molar-refractivity contribution >= 4 is 10.0 Å². The highest BCUT2D eigenvalue weighted by Crippen LogP contribution is 2.15. The van der Waals surface area contributed by atoms with E-state index in [1.807, 2.05) is 0 Å². The van der Waals surface area contributed by atoms with Crippen LogP contribution in [0.5, 0.6) is 0 Å². The predicted octanol–water partition coefficient (Wildman–Crippen LogP) is 0.0824. The average molecular weight is 298 g/mol. The van der Waals surface area contributed by atoms with Crippen LogP contribution in [0.3, 0.4) is 0 Å². The molecule has 1 N–H and O–H groups in total. The number of ether oxygens (including phenoxy) is 1. The highest BCUT2D eigenvalue weighted by Gasteiger charge is 2.23. The molecule has 0 spiro atoms. The molecule has 0 aromatic carbocycles. The Kier molecular flexibility index (Phi) is 6.61. The second-order valence-corrected chi connectivity index (χ2v) is 5.80. The lowest BCUT2D eigenvalue weighted by Crippen LogP contribution is -2.33. The third kappa shape index (κ3) is 4.28. The van der Waals surface area contributed by atoms with Crippen molar-refractivity contribution in [3.63, 3.8) is 0 Å². The van der Waals surface area contributed by atoms with Crippen molar-refractivity contribution in [2.75, 3.05) is 33.4 Å². The van der Waals surface area contributed by atoms with E-state index in [0.29, 0.717) is 18.7 Å². The van der Waals surface area contributed by atoms with Gasteiger partial charge in [-0.3, -0.25) is 4.98 Å². The van der Waals surface area contributed by atoms with E-state index >= 15 is 0 Å². The van der Waals surface area contributed by atoms with E-state index < -0.39 is 10.0 Å². The molecule has 0 fully saturated rings. The van der Waals surface area contributed by atoms with Gasteiger partial charge < -0.3 is 9.84 Å². The van der Waals surface area contributed by atoms with Gasteiger partial charge in [-0.15, -0.1) is 0 Å². The van der Waals surface area contributed by atoms with Gasteiger partial charge in [0.15, 0.2) is 0 Å². The molecule has 1 aromatic heterocycles. The summed E-state index contributed by atoms with van der Waals surface area (Å²) in [7, 11) is -2.09. The summed E-state index contributed by atoms with van der Waals surface area (Å²) in [5, 5.41) is 8.65. The lowest BCUT2D eigenvalue weighted by molar-refractivity contribution is 0.180. The second-order valence-electron chi connectivity index (χ2n) is 3.86. The minimum absolute atomic E-state index is 0.0835. The molecule has 0 amide bonds. The van der Waals surface area contributed by atoms with Crippen LogP contribution in [0.1, 0.15) is 12.5 Å². The van der Waals surface area contributed by atoms with Gasteiger partial charge in [0.05, 0.1) is 6.61 Å². The SMILES string of the molecule is CCN(CCOC)S(=O)(=O)c1cncc(C#CCO)c1. The molecule has 0 radical (unpaired) electrons. The lowest BCUT2D eigenvalue weighted by atomic mass is 10.3. The van der Waals surface area contributed by atoms with Gasteiger partial charge in [-0.05, 0) is 6.07 Å². The number of aliphatic hydroxyl groups excluding tert-OH is 1. The van der Waals surface area contributed by atoms with Crippen molar-refractivity contribution in [2.24, 2.45) is 0 Å². The van der Waals surface area contributed by atoms with Gasteiger partial charge in [0, 0.05) is 38.2 Å². The minimum Gasteiger partial charge on any atom is -0.384 e. The molecule has 1 heterocycles. The predicted molar refractivity (Wildman–Crippen MR) is 74.5 cm³/mol. The van der Waals surface area contributed by atoms with Crippen molar-refractivity contribution in [3.05, 3.63) is 24.0 Å². The van der Waals surface area contributed by atoms with Gasteiger partial charge in [-0.2, -0.15) is 4.31 Å². The maximum absolute atomic E-state index is 12.4. The summed E-state index contributed by atoms with van der Waals surface area (Å²) in [5.41, 5.74) is 0.447. The van der Waals surface area contributed by atoms with Gasteiger partial charge in [-0.25, -0.2) is 8.42 Å². The summed E-state index contributed by atoms with van der Waals surface area (Å²) < 4.78 is 31.1. The standard InChI is InChI=1S/C13H18N2O4S/c1-3-15(6-8-19-2)20(17,18)13-9-12(5-4-7-16)10-14-11-13/h9-11,16H,3,6-8H2,1-2H3. The smallest absolute Gasteiger partial charge is 0.244 e. The van der Waals surface area contributed by atoms with Gasteiger partial charge in [-0.1, -0.05) is 18.8 Å². The van der Waals surface area contributed by atoms with Crippen LogP contribution in [0.25, 0.3) is 0 Å². The zero-order valence-electron chi connectivity index (χ0n) is 11.5. The van der Waals surface area contributed by atoms with Gasteiger partial charge >= 0.3 is 0 Å². The Balaban J connectivity index is 3.07. The first-order chi connectivity index (χ1) is 9.56. The fourth-order valence-corrected chi connectivity index (χ4v) is 2.98. The first-order valence-electron chi connectivity index (χ1n) is 6.10. The number of sulfonamides is 1. The van der Waals surface area contributed by atoms with Crippen LogP contribution in [0.15, 0.2) is 23.4 Å². The Hall–Kier alpha value is -1.46. The van der Waals surface area contributed by atoms with E-state index in [0.717, 1.165) is 0 Å². The molecule has 0 saturated carbocycles. The summed E-state index contributed by atoms with van der Waals surface area (Å²) in [6.45, 7) is 2.42. The van der Waals surface area contributed by atoms with Crippen LogP contribution in [-0.2, 0) is 14.8 Å².